The van der Waals surface area contributed by atoms with Gasteiger partial charge in [-0.05, 0) is 25.2 Å². The van der Waals surface area contributed by atoms with Gasteiger partial charge in [-0.3, -0.25) is 9.20 Å². The molecule has 4 rings (SSSR count). The van der Waals surface area contributed by atoms with Crippen molar-refractivity contribution in [3.05, 3.63) is 44.5 Å². The van der Waals surface area contributed by atoms with E-state index in [4.69, 9.17) is 23.2 Å². The Morgan fingerprint density at radius 2 is 2.17 bits per heavy atom. The highest BCUT2D eigenvalue weighted by Gasteiger charge is 2.25. The van der Waals surface area contributed by atoms with Gasteiger partial charge in [-0.2, -0.15) is 0 Å². The Bertz CT molecular complexity index is 931. The first kappa shape index (κ1) is 15.1. The number of carbonyl (C=O) groups is 1. The second-order valence-corrected chi connectivity index (χ2v) is 7.57. The number of benzene rings is 1. The fraction of sp³-hybridized carbons (Fsp3) is 0.250. The van der Waals surface area contributed by atoms with Crippen LogP contribution in [0, 0.1) is 0 Å². The lowest BCUT2D eigenvalue weighted by Gasteiger charge is -2.21. The van der Waals surface area contributed by atoms with E-state index in [1.807, 2.05) is 10.5 Å². The van der Waals surface area contributed by atoms with E-state index in [1.54, 1.807) is 23.5 Å². The molecule has 0 spiro atoms. The van der Waals surface area contributed by atoms with Gasteiger partial charge in [-0.1, -0.05) is 34.5 Å². The predicted molar refractivity (Wildman–Crippen MR) is 94.0 cm³/mol. The minimum absolute atomic E-state index is 0.500. The Morgan fingerprint density at radius 1 is 1.35 bits per heavy atom. The van der Waals surface area contributed by atoms with Crippen molar-refractivity contribution in [1.82, 2.24) is 14.3 Å². The smallest absolute Gasteiger partial charge is 0.195 e. The van der Waals surface area contributed by atoms with Crippen molar-refractivity contribution < 1.29 is 4.79 Å². The maximum absolute atomic E-state index is 11.8. The molecular weight excluding hydrogens is 353 g/mol. The molecule has 0 fully saturated rings. The van der Waals surface area contributed by atoms with Crippen molar-refractivity contribution >= 4 is 45.8 Å². The molecule has 3 aromatic rings. The quantitative estimate of drug-likeness (QED) is 0.639. The van der Waals surface area contributed by atoms with Crippen LogP contribution in [0.3, 0.4) is 0 Å². The van der Waals surface area contributed by atoms with Gasteiger partial charge in [0.2, 0.25) is 0 Å². The molecule has 0 saturated carbocycles. The van der Waals surface area contributed by atoms with Crippen LogP contribution in [-0.2, 0) is 13.0 Å². The zero-order valence-corrected chi connectivity index (χ0v) is 14.7. The van der Waals surface area contributed by atoms with Gasteiger partial charge in [0.05, 0.1) is 5.02 Å². The van der Waals surface area contributed by atoms with Gasteiger partial charge < -0.3 is 4.90 Å². The van der Waals surface area contributed by atoms with Crippen molar-refractivity contribution in [2.24, 2.45) is 0 Å². The van der Waals surface area contributed by atoms with Gasteiger partial charge in [0.25, 0.3) is 0 Å². The number of halogens is 2. The molecule has 0 saturated heterocycles. The van der Waals surface area contributed by atoms with E-state index in [0.717, 1.165) is 36.3 Å². The Balaban J connectivity index is 1.95. The Morgan fingerprint density at radius 3 is 2.91 bits per heavy atom. The molecule has 0 bridgehead atoms. The molecule has 0 unspecified atom stereocenters. The molecule has 3 heterocycles. The third-order valence-electron chi connectivity index (χ3n) is 4.13. The Hall–Kier alpha value is -1.40. The van der Waals surface area contributed by atoms with Crippen LogP contribution in [0.5, 0.6) is 0 Å². The molecule has 118 valence electrons. The van der Waals surface area contributed by atoms with Crippen LogP contribution in [0.25, 0.3) is 16.2 Å². The number of aldehydes is 1. The second kappa shape index (κ2) is 5.60. The van der Waals surface area contributed by atoms with E-state index < -0.39 is 0 Å². The fourth-order valence-corrected chi connectivity index (χ4v) is 4.77. The number of fused-ring (bicyclic) bond motifs is 3. The standard InChI is InChI=1S/C16H13Cl2N3OS/c1-20-5-4-12-14(7-20)23-16-19-15(13(8-22)21(12)16)10-3-2-9(17)6-11(10)18/h2-3,6,8H,4-5,7H2,1H3. The lowest BCUT2D eigenvalue weighted by molar-refractivity contribution is 0.111. The molecule has 0 radical (unpaired) electrons. The molecule has 1 aromatic carbocycles. The molecule has 1 aliphatic rings. The monoisotopic (exact) mass is 365 g/mol. The van der Waals surface area contributed by atoms with Crippen LogP contribution in [0.4, 0.5) is 0 Å². The first-order valence-electron chi connectivity index (χ1n) is 7.20. The van der Waals surface area contributed by atoms with Crippen LogP contribution in [0.2, 0.25) is 10.0 Å². The number of likely N-dealkylation sites (N-methyl/N-ethyl adjacent to an activating group) is 1. The number of carbonyl (C=O) groups excluding carboxylic acids is 1. The molecule has 23 heavy (non-hydrogen) atoms. The van der Waals surface area contributed by atoms with Crippen LogP contribution < -0.4 is 0 Å². The van der Waals surface area contributed by atoms with Crippen molar-refractivity contribution in [2.45, 2.75) is 13.0 Å². The van der Waals surface area contributed by atoms with E-state index in [2.05, 4.69) is 16.9 Å². The number of nitrogens with zero attached hydrogens (tertiary/aromatic N) is 3. The van der Waals surface area contributed by atoms with Gasteiger partial charge in [-0.15, -0.1) is 0 Å². The number of thiazole rings is 1. The third kappa shape index (κ3) is 2.39. The highest BCUT2D eigenvalue weighted by Crippen LogP contribution is 2.36. The van der Waals surface area contributed by atoms with Crippen molar-refractivity contribution in [3.8, 4) is 11.3 Å². The van der Waals surface area contributed by atoms with Gasteiger partial charge in [0.1, 0.15) is 11.4 Å². The minimum Gasteiger partial charge on any atom is -0.301 e. The lowest BCUT2D eigenvalue weighted by Crippen LogP contribution is -2.26. The normalized spacial score (nSPS) is 15.1. The molecule has 0 N–H and O–H groups in total. The zero-order valence-electron chi connectivity index (χ0n) is 12.3. The summed E-state index contributed by atoms with van der Waals surface area (Å²) in [5.74, 6) is 0. The van der Waals surface area contributed by atoms with Crippen molar-refractivity contribution in [2.75, 3.05) is 13.6 Å². The summed E-state index contributed by atoms with van der Waals surface area (Å²) in [7, 11) is 2.10. The molecule has 4 nitrogen and oxygen atoms in total. The molecule has 2 aromatic heterocycles. The van der Waals surface area contributed by atoms with Gasteiger partial charge in [0, 0.05) is 40.7 Å². The first-order valence-corrected chi connectivity index (χ1v) is 8.78. The summed E-state index contributed by atoms with van der Waals surface area (Å²) in [6, 6.07) is 5.24. The van der Waals surface area contributed by atoms with Crippen LogP contribution in [-0.4, -0.2) is 34.2 Å². The highest BCUT2D eigenvalue weighted by molar-refractivity contribution is 7.17. The summed E-state index contributed by atoms with van der Waals surface area (Å²) in [6.07, 6.45) is 1.78. The van der Waals surface area contributed by atoms with Crippen LogP contribution in [0.15, 0.2) is 18.2 Å². The number of hydrogen-bond acceptors (Lipinski definition) is 4. The summed E-state index contributed by atoms with van der Waals surface area (Å²) < 4.78 is 1.99. The third-order valence-corrected chi connectivity index (χ3v) is 5.75. The second-order valence-electron chi connectivity index (χ2n) is 5.67. The highest BCUT2D eigenvalue weighted by atomic mass is 35.5. The Labute approximate surface area is 147 Å². The minimum atomic E-state index is 0.500. The Kier molecular flexibility index (Phi) is 3.69. The molecule has 0 aliphatic carbocycles. The summed E-state index contributed by atoms with van der Waals surface area (Å²) in [6.45, 7) is 1.88. The van der Waals surface area contributed by atoms with Gasteiger partial charge in [-0.25, -0.2) is 4.98 Å². The average Bonchev–Trinajstić information content (AvgIpc) is 3.01. The van der Waals surface area contributed by atoms with E-state index in [-0.39, 0.29) is 0 Å². The van der Waals surface area contributed by atoms with Gasteiger partial charge in [0.15, 0.2) is 11.2 Å². The molecule has 0 atom stereocenters. The van der Waals surface area contributed by atoms with E-state index in [9.17, 15) is 4.79 Å². The molecule has 1 aliphatic heterocycles. The summed E-state index contributed by atoms with van der Waals surface area (Å²) in [5.41, 5.74) is 3.10. The van der Waals surface area contributed by atoms with Crippen LogP contribution >= 0.6 is 34.5 Å². The number of hydrogen-bond donors (Lipinski definition) is 0. The van der Waals surface area contributed by atoms with E-state index >= 15 is 0 Å². The predicted octanol–water partition coefficient (Wildman–Crippen LogP) is 4.17. The maximum atomic E-state index is 11.8. The summed E-state index contributed by atoms with van der Waals surface area (Å²) in [4.78, 5) is 20.8. The van der Waals surface area contributed by atoms with E-state index in [0.29, 0.717) is 21.4 Å². The van der Waals surface area contributed by atoms with Crippen LogP contribution in [0.1, 0.15) is 21.1 Å². The van der Waals surface area contributed by atoms with Crippen molar-refractivity contribution in [1.29, 1.82) is 0 Å². The zero-order chi connectivity index (χ0) is 16.1. The number of aromatic nitrogens is 2. The average molecular weight is 366 g/mol. The maximum Gasteiger partial charge on any atom is 0.195 e. The molecular formula is C16H13Cl2N3OS. The lowest BCUT2D eigenvalue weighted by atomic mass is 10.1. The summed E-state index contributed by atoms with van der Waals surface area (Å²) in [5, 5.41) is 1.06. The number of rotatable bonds is 2. The molecule has 7 heteroatoms. The van der Waals surface area contributed by atoms with Gasteiger partial charge >= 0.3 is 0 Å². The largest absolute Gasteiger partial charge is 0.301 e. The van der Waals surface area contributed by atoms with Crippen molar-refractivity contribution in [3.63, 3.8) is 0 Å². The topological polar surface area (TPSA) is 37.6 Å². The summed E-state index contributed by atoms with van der Waals surface area (Å²) >= 11 is 13.9. The first-order chi connectivity index (χ1) is 11.1. The van der Waals surface area contributed by atoms with E-state index in [1.165, 1.54) is 10.6 Å². The molecule has 0 amide bonds. The fourth-order valence-electron chi connectivity index (χ4n) is 3.02. The SMILES string of the molecule is CN1CCc2c(sc3nc(-c4ccc(Cl)cc4Cl)c(C=O)n23)C1. The number of imidazole rings is 1.